The van der Waals surface area contributed by atoms with Gasteiger partial charge in [0.25, 0.3) is 5.91 Å². The fourth-order valence-electron chi connectivity index (χ4n) is 1.36. The van der Waals surface area contributed by atoms with Crippen molar-refractivity contribution >= 4 is 39.3 Å². The van der Waals surface area contributed by atoms with E-state index in [1.165, 1.54) is 0 Å². The van der Waals surface area contributed by atoms with E-state index in [2.05, 4.69) is 26.3 Å². The van der Waals surface area contributed by atoms with E-state index in [4.69, 9.17) is 11.6 Å². The number of hydrogen-bond acceptors (Lipinski definition) is 2. The van der Waals surface area contributed by atoms with Crippen molar-refractivity contribution in [2.45, 2.75) is 0 Å². The van der Waals surface area contributed by atoms with Crippen molar-refractivity contribution in [3.8, 4) is 0 Å². The predicted octanol–water partition coefficient (Wildman–Crippen LogP) is 3.09. The van der Waals surface area contributed by atoms with Crippen molar-refractivity contribution in [2.24, 2.45) is 7.05 Å². The average Bonchev–Trinajstić information content (AvgIpc) is 2.68. The highest BCUT2D eigenvalue weighted by molar-refractivity contribution is 9.10. The summed E-state index contributed by atoms with van der Waals surface area (Å²) in [7, 11) is 1.75. The molecule has 0 aliphatic carbocycles. The number of anilines is 1. The van der Waals surface area contributed by atoms with Gasteiger partial charge in [0.05, 0.1) is 16.8 Å². The highest BCUT2D eigenvalue weighted by atomic mass is 79.9. The third-order valence-corrected chi connectivity index (χ3v) is 3.56. The first-order valence-electron chi connectivity index (χ1n) is 4.83. The van der Waals surface area contributed by atoms with Crippen molar-refractivity contribution in [1.29, 1.82) is 0 Å². The minimum Gasteiger partial charge on any atom is -0.307 e. The Hall–Kier alpha value is -1.33. The van der Waals surface area contributed by atoms with Gasteiger partial charge in [-0.05, 0) is 28.1 Å². The third kappa shape index (κ3) is 2.50. The Morgan fingerprint density at radius 3 is 2.88 bits per heavy atom. The number of aryl methyl sites for hydroxylation is 1. The third-order valence-electron chi connectivity index (χ3n) is 2.26. The Morgan fingerprint density at radius 1 is 1.47 bits per heavy atom. The fourth-order valence-corrected chi connectivity index (χ4v) is 1.94. The molecule has 2 aromatic rings. The maximum atomic E-state index is 12.0. The molecule has 0 radical (unpaired) electrons. The summed E-state index contributed by atoms with van der Waals surface area (Å²) in [6.07, 6.45) is 1.61. The summed E-state index contributed by atoms with van der Waals surface area (Å²) in [5.74, 6) is 0.353. The molecule has 0 aliphatic heterocycles. The summed E-state index contributed by atoms with van der Waals surface area (Å²) in [5, 5.41) is 7.09. The van der Waals surface area contributed by atoms with Crippen LogP contribution in [0.3, 0.4) is 0 Å². The maximum Gasteiger partial charge on any atom is 0.258 e. The molecule has 17 heavy (non-hydrogen) atoms. The molecule has 0 bridgehead atoms. The highest BCUT2D eigenvalue weighted by Gasteiger charge is 2.13. The quantitative estimate of drug-likeness (QED) is 0.926. The first kappa shape index (κ1) is 12.1. The SMILES string of the molecule is Cn1nccc1NC(=O)c1cccc(Br)c1Cl. The zero-order valence-electron chi connectivity index (χ0n) is 8.95. The zero-order valence-corrected chi connectivity index (χ0v) is 11.3. The Bertz CT molecular complexity index is 568. The largest absolute Gasteiger partial charge is 0.307 e. The number of aromatic nitrogens is 2. The van der Waals surface area contributed by atoms with E-state index < -0.39 is 0 Å². The van der Waals surface area contributed by atoms with E-state index in [1.54, 1.807) is 42.2 Å². The molecule has 0 atom stereocenters. The number of benzene rings is 1. The predicted molar refractivity (Wildman–Crippen MR) is 70.3 cm³/mol. The van der Waals surface area contributed by atoms with Gasteiger partial charge in [0.1, 0.15) is 5.82 Å². The molecule has 1 N–H and O–H groups in total. The number of carbonyl (C=O) groups is 1. The van der Waals surface area contributed by atoms with Crippen LogP contribution in [-0.4, -0.2) is 15.7 Å². The molecule has 0 aliphatic rings. The van der Waals surface area contributed by atoms with Crippen molar-refractivity contribution in [3.63, 3.8) is 0 Å². The molecular weight excluding hydrogens is 305 g/mol. The number of halogens is 2. The van der Waals surface area contributed by atoms with E-state index in [1.807, 2.05) is 0 Å². The van der Waals surface area contributed by atoms with Crippen LogP contribution < -0.4 is 5.32 Å². The standard InChI is InChI=1S/C11H9BrClN3O/c1-16-9(5-6-14-16)15-11(17)7-3-2-4-8(12)10(7)13/h2-6H,1H3,(H,15,17). The van der Waals surface area contributed by atoms with Gasteiger partial charge in [-0.15, -0.1) is 0 Å². The van der Waals surface area contributed by atoms with Gasteiger partial charge in [-0.2, -0.15) is 5.10 Å². The number of hydrogen-bond donors (Lipinski definition) is 1. The van der Waals surface area contributed by atoms with Gasteiger partial charge in [0.15, 0.2) is 0 Å². The van der Waals surface area contributed by atoms with E-state index in [-0.39, 0.29) is 5.91 Å². The van der Waals surface area contributed by atoms with Crippen LogP contribution in [0, 0.1) is 0 Å². The molecule has 0 unspecified atom stereocenters. The van der Waals surface area contributed by atoms with E-state index in [0.717, 1.165) is 0 Å². The normalized spacial score (nSPS) is 10.3. The summed E-state index contributed by atoms with van der Waals surface area (Å²) < 4.78 is 2.26. The molecule has 0 spiro atoms. The molecule has 1 aromatic carbocycles. The minimum atomic E-state index is -0.264. The minimum absolute atomic E-state index is 0.264. The van der Waals surface area contributed by atoms with Crippen molar-refractivity contribution in [3.05, 3.63) is 45.5 Å². The van der Waals surface area contributed by atoms with Gasteiger partial charge in [0.2, 0.25) is 0 Å². The summed E-state index contributed by atoms with van der Waals surface area (Å²) >= 11 is 9.32. The van der Waals surface area contributed by atoms with Gasteiger partial charge >= 0.3 is 0 Å². The topological polar surface area (TPSA) is 46.9 Å². The number of nitrogens with one attached hydrogen (secondary N) is 1. The van der Waals surface area contributed by atoms with Gasteiger partial charge < -0.3 is 5.32 Å². The van der Waals surface area contributed by atoms with Crippen LogP contribution in [0.5, 0.6) is 0 Å². The first-order chi connectivity index (χ1) is 8.09. The zero-order chi connectivity index (χ0) is 12.4. The second kappa shape index (κ2) is 4.89. The molecule has 6 heteroatoms. The Balaban J connectivity index is 2.27. The monoisotopic (exact) mass is 313 g/mol. The van der Waals surface area contributed by atoms with Crippen LogP contribution in [0.25, 0.3) is 0 Å². The van der Waals surface area contributed by atoms with E-state index >= 15 is 0 Å². The summed E-state index contributed by atoms with van der Waals surface area (Å²) in [5.41, 5.74) is 0.419. The second-order valence-electron chi connectivity index (χ2n) is 3.40. The lowest BCUT2D eigenvalue weighted by Crippen LogP contribution is -2.15. The molecule has 0 fully saturated rings. The lowest BCUT2D eigenvalue weighted by Gasteiger charge is -2.07. The van der Waals surface area contributed by atoms with Crippen molar-refractivity contribution in [2.75, 3.05) is 5.32 Å². The fraction of sp³-hybridized carbons (Fsp3) is 0.0909. The van der Waals surface area contributed by atoms with Crippen LogP contribution in [-0.2, 0) is 7.05 Å². The highest BCUT2D eigenvalue weighted by Crippen LogP contribution is 2.26. The van der Waals surface area contributed by atoms with Crippen LogP contribution in [0.15, 0.2) is 34.9 Å². The van der Waals surface area contributed by atoms with Crippen molar-refractivity contribution in [1.82, 2.24) is 9.78 Å². The number of nitrogens with zero attached hydrogens (tertiary/aromatic N) is 2. The van der Waals surface area contributed by atoms with Gasteiger partial charge in [-0.3, -0.25) is 9.48 Å². The molecule has 0 saturated carbocycles. The summed E-state index contributed by atoms with van der Waals surface area (Å²) in [4.78, 5) is 12.0. The Labute approximate surface area is 112 Å². The number of rotatable bonds is 2. The van der Waals surface area contributed by atoms with Gasteiger partial charge in [-0.25, -0.2) is 0 Å². The average molecular weight is 315 g/mol. The Morgan fingerprint density at radius 2 is 2.24 bits per heavy atom. The van der Waals surface area contributed by atoms with Crippen LogP contribution in [0.4, 0.5) is 5.82 Å². The molecule has 88 valence electrons. The van der Waals surface area contributed by atoms with E-state index in [0.29, 0.717) is 20.9 Å². The lowest BCUT2D eigenvalue weighted by molar-refractivity contribution is 0.102. The molecule has 1 amide bonds. The molecule has 4 nitrogen and oxygen atoms in total. The Kier molecular flexibility index (Phi) is 3.49. The first-order valence-corrected chi connectivity index (χ1v) is 6.00. The smallest absolute Gasteiger partial charge is 0.258 e. The van der Waals surface area contributed by atoms with Crippen LogP contribution in [0.1, 0.15) is 10.4 Å². The van der Waals surface area contributed by atoms with Gasteiger partial charge in [0, 0.05) is 17.6 Å². The summed E-state index contributed by atoms with van der Waals surface area (Å²) in [6, 6.07) is 6.92. The molecule has 0 saturated heterocycles. The van der Waals surface area contributed by atoms with E-state index in [9.17, 15) is 4.79 Å². The molecule has 1 aromatic heterocycles. The molecular formula is C11H9BrClN3O. The summed E-state index contributed by atoms with van der Waals surface area (Å²) in [6.45, 7) is 0. The molecule has 1 heterocycles. The molecule has 2 rings (SSSR count). The maximum absolute atomic E-state index is 12.0. The van der Waals surface area contributed by atoms with Crippen molar-refractivity contribution < 1.29 is 4.79 Å². The van der Waals surface area contributed by atoms with Gasteiger partial charge in [-0.1, -0.05) is 17.7 Å². The van der Waals surface area contributed by atoms with Crippen LogP contribution >= 0.6 is 27.5 Å². The number of carbonyl (C=O) groups excluding carboxylic acids is 1. The second-order valence-corrected chi connectivity index (χ2v) is 4.63. The lowest BCUT2D eigenvalue weighted by atomic mass is 10.2. The van der Waals surface area contributed by atoms with Crippen LogP contribution in [0.2, 0.25) is 5.02 Å². The number of amides is 1.